The zero-order chi connectivity index (χ0) is 22.8. The number of aliphatic carboxylic acids is 1. The van der Waals surface area contributed by atoms with Crippen molar-refractivity contribution in [1.82, 2.24) is 9.97 Å². The molecule has 1 aromatic heterocycles. The van der Waals surface area contributed by atoms with Crippen molar-refractivity contribution in [2.45, 2.75) is 45.4 Å². The van der Waals surface area contributed by atoms with Crippen LogP contribution < -0.4 is 10.6 Å². The first-order chi connectivity index (χ1) is 15.2. The molecular weight excluding hydrogens is 400 g/mol. The van der Waals surface area contributed by atoms with Crippen LogP contribution in [0.3, 0.4) is 0 Å². The lowest BCUT2D eigenvalue weighted by Gasteiger charge is -2.38. The first-order valence-corrected chi connectivity index (χ1v) is 11.0. The van der Waals surface area contributed by atoms with Crippen molar-refractivity contribution < 1.29 is 9.90 Å². The second-order valence-corrected chi connectivity index (χ2v) is 9.69. The standard InChI is InChI=1S/C26H30N4O2/c1-25(2,3)17-27-22-16-21(18-8-5-4-6-9-18)29-24(30-22)28-20-12-10-19(11-13-20)26(23(31)32)14-7-15-26/h4-6,8-13,16H,7,14-15,17H2,1-3H3,(H,31,32)(H2,27,28,29,30). The Bertz CT molecular complexity index is 1090. The topological polar surface area (TPSA) is 87.1 Å². The predicted octanol–water partition coefficient (Wildman–Crippen LogP) is 5.85. The third-order valence-electron chi connectivity index (χ3n) is 5.91. The van der Waals surface area contributed by atoms with Gasteiger partial charge < -0.3 is 15.7 Å². The van der Waals surface area contributed by atoms with E-state index in [2.05, 4.69) is 36.4 Å². The van der Waals surface area contributed by atoms with E-state index in [1.54, 1.807) is 0 Å². The minimum atomic E-state index is -0.738. The van der Waals surface area contributed by atoms with E-state index >= 15 is 0 Å². The highest BCUT2D eigenvalue weighted by molar-refractivity contribution is 5.82. The quantitative estimate of drug-likeness (QED) is 0.436. The van der Waals surface area contributed by atoms with Crippen LogP contribution >= 0.6 is 0 Å². The molecule has 0 saturated heterocycles. The molecule has 0 radical (unpaired) electrons. The molecule has 1 heterocycles. The maximum atomic E-state index is 11.8. The fourth-order valence-corrected chi connectivity index (χ4v) is 3.86. The summed E-state index contributed by atoms with van der Waals surface area (Å²) >= 11 is 0. The van der Waals surface area contributed by atoms with Gasteiger partial charge in [0, 0.05) is 23.9 Å². The largest absolute Gasteiger partial charge is 0.481 e. The van der Waals surface area contributed by atoms with E-state index in [-0.39, 0.29) is 5.41 Å². The third kappa shape index (κ3) is 4.74. The number of nitrogens with one attached hydrogen (secondary N) is 2. The van der Waals surface area contributed by atoms with E-state index < -0.39 is 11.4 Å². The van der Waals surface area contributed by atoms with Gasteiger partial charge in [-0.2, -0.15) is 4.98 Å². The zero-order valence-corrected chi connectivity index (χ0v) is 18.9. The van der Waals surface area contributed by atoms with Crippen LogP contribution in [0.4, 0.5) is 17.5 Å². The molecule has 2 aromatic carbocycles. The number of hydrogen-bond acceptors (Lipinski definition) is 5. The molecule has 1 saturated carbocycles. The number of carboxylic acids is 1. The normalized spacial score (nSPS) is 15.0. The van der Waals surface area contributed by atoms with Crippen molar-refractivity contribution in [3.05, 3.63) is 66.2 Å². The SMILES string of the molecule is CC(C)(C)CNc1cc(-c2ccccc2)nc(Nc2ccc(C3(C(=O)O)CCC3)cc2)n1. The van der Waals surface area contributed by atoms with Gasteiger partial charge in [-0.1, -0.05) is 69.7 Å². The Labute approximate surface area is 189 Å². The summed E-state index contributed by atoms with van der Waals surface area (Å²) in [5.74, 6) is 0.511. The molecule has 32 heavy (non-hydrogen) atoms. The minimum absolute atomic E-state index is 0.114. The predicted molar refractivity (Wildman–Crippen MR) is 128 cm³/mol. The van der Waals surface area contributed by atoms with E-state index in [1.807, 2.05) is 60.7 Å². The molecule has 6 heteroatoms. The Hall–Kier alpha value is -3.41. The number of benzene rings is 2. The summed E-state index contributed by atoms with van der Waals surface area (Å²) in [6, 6.07) is 19.6. The number of carboxylic acid groups (broad SMARTS) is 1. The first kappa shape index (κ1) is 21.8. The Morgan fingerprint density at radius 3 is 2.28 bits per heavy atom. The Morgan fingerprint density at radius 1 is 1.03 bits per heavy atom. The highest BCUT2D eigenvalue weighted by atomic mass is 16.4. The lowest BCUT2D eigenvalue weighted by atomic mass is 9.64. The van der Waals surface area contributed by atoms with Crippen molar-refractivity contribution in [2.75, 3.05) is 17.2 Å². The maximum Gasteiger partial charge on any atom is 0.314 e. The summed E-state index contributed by atoms with van der Waals surface area (Å²) in [5.41, 5.74) is 2.90. The van der Waals surface area contributed by atoms with Crippen LogP contribution in [0.15, 0.2) is 60.7 Å². The molecule has 0 bridgehead atoms. The van der Waals surface area contributed by atoms with Gasteiger partial charge in [0.1, 0.15) is 5.82 Å². The smallest absolute Gasteiger partial charge is 0.314 e. The lowest BCUT2D eigenvalue weighted by Crippen LogP contribution is -2.42. The fourth-order valence-electron chi connectivity index (χ4n) is 3.86. The van der Waals surface area contributed by atoms with Crippen LogP contribution in [0.5, 0.6) is 0 Å². The van der Waals surface area contributed by atoms with Gasteiger partial charge in [-0.3, -0.25) is 4.79 Å². The summed E-state index contributed by atoms with van der Waals surface area (Å²) in [5, 5.41) is 16.4. The molecule has 0 amide bonds. The molecule has 3 N–H and O–H groups in total. The van der Waals surface area contributed by atoms with Crippen molar-refractivity contribution >= 4 is 23.4 Å². The number of rotatable bonds is 7. The molecule has 6 nitrogen and oxygen atoms in total. The molecule has 0 spiro atoms. The van der Waals surface area contributed by atoms with E-state index in [4.69, 9.17) is 4.98 Å². The monoisotopic (exact) mass is 430 g/mol. The summed E-state index contributed by atoms with van der Waals surface area (Å²) in [7, 11) is 0. The van der Waals surface area contributed by atoms with Gasteiger partial charge in [-0.05, 0) is 36.0 Å². The Kier molecular flexibility index (Phi) is 5.87. The van der Waals surface area contributed by atoms with Crippen molar-refractivity contribution in [3.63, 3.8) is 0 Å². The van der Waals surface area contributed by atoms with Crippen LogP contribution in [0.25, 0.3) is 11.3 Å². The van der Waals surface area contributed by atoms with Crippen LogP contribution in [-0.2, 0) is 10.2 Å². The molecular formula is C26H30N4O2. The van der Waals surface area contributed by atoms with Gasteiger partial charge in [-0.15, -0.1) is 0 Å². The van der Waals surface area contributed by atoms with Gasteiger partial charge in [-0.25, -0.2) is 4.98 Å². The summed E-state index contributed by atoms with van der Waals surface area (Å²) in [6.45, 7) is 7.30. The van der Waals surface area contributed by atoms with E-state index in [0.29, 0.717) is 18.8 Å². The molecule has 0 aliphatic heterocycles. The average Bonchev–Trinajstić information content (AvgIpc) is 2.72. The fraction of sp³-hybridized carbons (Fsp3) is 0.346. The number of aromatic nitrogens is 2. The number of nitrogens with zero attached hydrogens (tertiary/aromatic N) is 2. The molecule has 4 rings (SSSR count). The van der Waals surface area contributed by atoms with Crippen LogP contribution in [-0.4, -0.2) is 27.6 Å². The highest BCUT2D eigenvalue weighted by Crippen LogP contribution is 2.44. The molecule has 0 unspecified atom stereocenters. The molecule has 1 aliphatic rings. The zero-order valence-electron chi connectivity index (χ0n) is 18.9. The van der Waals surface area contributed by atoms with Crippen LogP contribution in [0.2, 0.25) is 0 Å². The van der Waals surface area contributed by atoms with E-state index in [9.17, 15) is 9.90 Å². The van der Waals surface area contributed by atoms with Crippen molar-refractivity contribution in [1.29, 1.82) is 0 Å². The minimum Gasteiger partial charge on any atom is -0.481 e. The van der Waals surface area contributed by atoms with Crippen LogP contribution in [0.1, 0.15) is 45.6 Å². The summed E-state index contributed by atoms with van der Waals surface area (Å²) < 4.78 is 0. The second kappa shape index (κ2) is 8.61. The summed E-state index contributed by atoms with van der Waals surface area (Å²) in [6.07, 6.45) is 2.34. The maximum absolute atomic E-state index is 11.8. The van der Waals surface area contributed by atoms with Gasteiger partial charge in [0.05, 0.1) is 11.1 Å². The number of anilines is 3. The average molecular weight is 431 g/mol. The van der Waals surface area contributed by atoms with Gasteiger partial charge >= 0.3 is 5.97 Å². The number of hydrogen-bond donors (Lipinski definition) is 3. The Morgan fingerprint density at radius 2 is 1.72 bits per heavy atom. The van der Waals surface area contributed by atoms with Gasteiger partial charge in [0.2, 0.25) is 5.95 Å². The Balaban J connectivity index is 1.60. The van der Waals surface area contributed by atoms with Gasteiger partial charge in [0.25, 0.3) is 0 Å². The molecule has 3 aromatic rings. The first-order valence-electron chi connectivity index (χ1n) is 11.0. The highest BCUT2D eigenvalue weighted by Gasteiger charge is 2.45. The van der Waals surface area contributed by atoms with E-state index in [1.165, 1.54) is 0 Å². The van der Waals surface area contributed by atoms with Crippen molar-refractivity contribution in [3.8, 4) is 11.3 Å². The summed E-state index contributed by atoms with van der Waals surface area (Å²) in [4.78, 5) is 21.1. The van der Waals surface area contributed by atoms with Crippen molar-refractivity contribution in [2.24, 2.45) is 5.41 Å². The van der Waals surface area contributed by atoms with Gasteiger partial charge in [0.15, 0.2) is 0 Å². The lowest BCUT2D eigenvalue weighted by molar-refractivity contribution is -0.147. The third-order valence-corrected chi connectivity index (χ3v) is 5.91. The molecule has 1 fully saturated rings. The second-order valence-electron chi connectivity index (χ2n) is 9.69. The van der Waals surface area contributed by atoms with Crippen LogP contribution in [0, 0.1) is 5.41 Å². The molecule has 166 valence electrons. The molecule has 0 atom stereocenters. The number of carbonyl (C=O) groups is 1. The molecule has 1 aliphatic carbocycles. The van der Waals surface area contributed by atoms with E-state index in [0.717, 1.165) is 41.3 Å².